The molecule has 1 saturated carbocycles. The number of halogens is 1. The molecule has 1 saturated heterocycles. The van der Waals surface area contributed by atoms with E-state index in [2.05, 4.69) is 36.4 Å². The predicted molar refractivity (Wildman–Crippen MR) is 102 cm³/mol. The van der Waals surface area contributed by atoms with Crippen molar-refractivity contribution in [2.45, 2.75) is 25.8 Å². The van der Waals surface area contributed by atoms with Crippen molar-refractivity contribution in [3.63, 3.8) is 0 Å². The summed E-state index contributed by atoms with van der Waals surface area (Å²) >= 11 is 3.43. The first kappa shape index (κ1) is 18.4. The van der Waals surface area contributed by atoms with Gasteiger partial charge in [0.05, 0.1) is 13.1 Å². The number of nitrogens with one attached hydrogen (secondary N) is 2. The molecule has 0 atom stereocenters. The number of carbonyl (C=O) groups is 2. The van der Waals surface area contributed by atoms with E-state index in [4.69, 9.17) is 0 Å². The first-order chi connectivity index (χ1) is 12.0. The number of nitrogens with zero attached hydrogens (tertiary/aromatic N) is 2. The number of aryl methyl sites for hydroxylation is 1. The number of amides is 2. The Balaban J connectivity index is 1.39. The van der Waals surface area contributed by atoms with Crippen molar-refractivity contribution in [1.82, 2.24) is 15.1 Å². The van der Waals surface area contributed by atoms with E-state index in [0.717, 1.165) is 54.7 Å². The van der Waals surface area contributed by atoms with Gasteiger partial charge in [-0.2, -0.15) is 0 Å². The molecule has 136 valence electrons. The molecule has 1 aliphatic carbocycles. The van der Waals surface area contributed by atoms with Gasteiger partial charge < -0.3 is 10.6 Å². The zero-order chi connectivity index (χ0) is 17.8. The molecular weight excluding hydrogens is 384 g/mol. The average molecular weight is 409 g/mol. The van der Waals surface area contributed by atoms with E-state index in [1.165, 1.54) is 0 Å². The smallest absolute Gasteiger partial charge is 0.238 e. The second kappa shape index (κ2) is 8.29. The summed E-state index contributed by atoms with van der Waals surface area (Å²) in [6.07, 6.45) is 2.24. The van der Waals surface area contributed by atoms with Gasteiger partial charge in [-0.1, -0.05) is 15.9 Å². The van der Waals surface area contributed by atoms with E-state index in [0.29, 0.717) is 19.1 Å². The molecule has 1 aromatic rings. The molecule has 25 heavy (non-hydrogen) atoms. The molecule has 0 unspecified atom stereocenters. The number of piperazine rings is 1. The standard InChI is InChI=1S/C18H25BrN4O2/c1-13-10-14(19)2-5-16(13)21-18(25)12-23-8-6-22(7-9-23)11-17(24)20-15-3-4-15/h2,5,10,15H,3-4,6-9,11-12H2,1H3,(H,20,24)(H,21,25). The maximum Gasteiger partial charge on any atom is 0.238 e. The Kier molecular flexibility index (Phi) is 6.09. The lowest BCUT2D eigenvalue weighted by Gasteiger charge is -2.33. The Bertz CT molecular complexity index is 640. The lowest BCUT2D eigenvalue weighted by atomic mass is 10.2. The van der Waals surface area contributed by atoms with Crippen LogP contribution >= 0.6 is 15.9 Å². The summed E-state index contributed by atoms with van der Waals surface area (Å²) in [5.41, 5.74) is 1.89. The van der Waals surface area contributed by atoms with Crippen LogP contribution < -0.4 is 10.6 Å². The number of hydrogen-bond acceptors (Lipinski definition) is 4. The number of rotatable bonds is 6. The fourth-order valence-electron chi connectivity index (χ4n) is 2.97. The van der Waals surface area contributed by atoms with Crippen LogP contribution in [0.5, 0.6) is 0 Å². The lowest BCUT2D eigenvalue weighted by molar-refractivity contribution is -0.123. The van der Waals surface area contributed by atoms with Crippen LogP contribution in [0.15, 0.2) is 22.7 Å². The monoisotopic (exact) mass is 408 g/mol. The quantitative estimate of drug-likeness (QED) is 0.749. The van der Waals surface area contributed by atoms with Crippen molar-refractivity contribution >= 4 is 33.4 Å². The van der Waals surface area contributed by atoms with E-state index in [1.807, 2.05) is 25.1 Å². The van der Waals surface area contributed by atoms with Gasteiger partial charge >= 0.3 is 0 Å². The third-order valence-electron chi connectivity index (χ3n) is 4.60. The molecule has 1 aromatic carbocycles. The zero-order valence-electron chi connectivity index (χ0n) is 14.6. The Labute approximate surface area is 157 Å². The minimum Gasteiger partial charge on any atom is -0.352 e. The first-order valence-corrected chi connectivity index (χ1v) is 9.59. The van der Waals surface area contributed by atoms with Crippen molar-refractivity contribution in [1.29, 1.82) is 0 Å². The van der Waals surface area contributed by atoms with Crippen molar-refractivity contribution in [3.8, 4) is 0 Å². The highest BCUT2D eigenvalue weighted by Gasteiger charge is 2.25. The summed E-state index contributed by atoms with van der Waals surface area (Å²) in [6.45, 7) is 6.09. The van der Waals surface area contributed by atoms with E-state index in [-0.39, 0.29) is 11.8 Å². The van der Waals surface area contributed by atoms with Gasteiger partial charge in [-0.05, 0) is 43.5 Å². The number of carbonyl (C=O) groups excluding carboxylic acids is 2. The summed E-state index contributed by atoms with van der Waals surface area (Å²) in [4.78, 5) is 28.4. The number of benzene rings is 1. The Morgan fingerprint density at radius 3 is 2.24 bits per heavy atom. The van der Waals surface area contributed by atoms with Crippen molar-refractivity contribution in [2.75, 3.05) is 44.6 Å². The third-order valence-corrected chi connectivity index (χ3v) is 5.10. The highest BCUT2D eigenvalue weighted by atomic mass is 79.9. The summed E-state index contributed by atoms with van der Waals surface area (Å²) in [5, 5.41) is 6.00. The minimum atomic E-state index is 0.00495. The maximum absolute atomic E-state index is 12.3. The largest absolute Gasteiger partial charge is 0.352 e. The molecule has 2 N–H and O–H groups in total. The van der Waals surface area contributed by atoms with Gasteiger partial charge in [0.2, 0.25) is 11.8 Å². The van der Waals surface area contributed by atoms with Crippen LogP contribution in [0.4, 0.5) is 5.69 Å². The van der Waals surface area contributed by atoms with Gasteiger partial charge in [0, 0.05) is 42.4 Å². The summed E-state index contributed by atoms with van der Waals surface area (Å²) in [6, 6.07) is 6.24. The van der Waals surface area contributed by atoms with Gasteiger partial charge in [-0.25, -0.2) is 0 Å². The fourth-order valence-corrected chi connectivity index (χ4v) is 3.45. The molecular formula is C18H25BrN4O2. The Morgan fingerprint density at radius 1 is 1.08 bits per heavy atom. The average Bonchev–Trinajstić information content (AvgIpc) is 3.36. The van der Waals surface area contributed by atoms with Gasteiger partial charge in [0.1, 0.15) is 0 Å². The van der Waals surface area contributed by atoms with Crippen molar-refractivity contribution in [2.24, 2.45) is 0 Å². The summed E-state index contributed by atoms with van der Waals surface area (Å²) in [5.74, 6) is 0.129. The highest BCUT2D eigenvalue weighted by molar-refractivity contribution is 9.10. The summed E-state index contributed by atoms with van der Waals surface area (Å²) < 4.78 is 1.00. The number of hydrogen-bond donors (Lipinski definition) is 2. The molecule has 2 aliphatic rings. The van der Waals surface area contributed by atoms with Crippen LogP contribution in [0.25, 0.3) is 0 Å². The molecule has 0 spiro atoms. The highest BCUT2D eigenvalue weighted by Crippen LogP contribution is 2.20. The van der Waals surface area contributed by atoms with Gasteiger partial charge in [0.15, 0.2) is 0 Å². The molecule has 0 aromatic heterocycles. The lowest BCUT2D eigenvalue weighted by Crippen LogP contribution is -2.51. The normalized spacial score (nSPS) is 18.8. The molecule has 7 heteroatoms. The van der Waals surface area contributed by atoms with Crippen molar-refractivity contribution < 1.29 is 9.59 Å². The van der Waals surface area contributed by atoms with Crippen molar-refractivity contribution in [3.05, 3.63) is 28.2 Å². The second-order valence-corrected chi connectivity index (χ2v) is 7.82. The predicted octanol–water partition coefficient (Wildman–Crippen LogP) is 1.59. The van der Waals surface area contributed by atoms with Crippen LogP contribution in [0.1, 0.15) is 18.4 Å². The maximum atomic E-state index is 12.3. The van der Waals surface area contributed by atoms with E-state index < -0.39 is 0 Å². The Hall–Kier alpha value is -1.44. The molecule has 1 heterocycles. The van der Waals surface area contributed by atoms with Gasteiger partial charge in [-0.3, -0.25) is 19.4 Å². The topological polar surface area (TPSA) is 64.7 Å². The van der Waals surface area contributed by atoms with E-state index in [9.17, 15) is 9.59 Å². The molecule has 1 aliphatic heterocycles. The second-order valence-electron chi connectivity index (χ2n) is 6.90. The molecule has 6 nitrogen and oxygen atoms in total. The SMILES string of the molecule is Cc1cc(Br)ccc1NC(=O)CN1CCN(CC(=O)NC2CC2)CC1. The van der Waals surface area contributed by atoms with Crippen LogP contribution in [0.3, 0.4) is 0 Å². The van der Waals surface area contributed by atoms with Gasteiger partial charge in [-0.15, -0.1) is 0 Å². The van der Waals surface area contributed by atoms with E-state index >= 15 is 0 Å². The van der Waals surface area contributed by atoms with Gasteiger partial charge in [0.25, 0.3) is 0 Å². The first-order valence-electron chi connectivity index (χ1n) is 8.79. The fraction of sp³-hybridized carbons (Fsp3) is 0.556. The molecule has 3 rings (SSSR count). The molecule has 0 radical (unpaired) electrons. The van der Waals surface area contributed by atoms with Crippen LogP contribution in [-0.4, -0.2) is 66.9 Å². The molecule has 2 fully saturated rings. The van der Waals surface area contributed by atoms with E-state index in [1.54, 1.807) is 0 Å². The summed E-state index contributed by atoms with van der Waals surface area (Å²) in [7, 11) is 0. The third kappa shape index (κ3) is 5.80. The molecule has 0 bridgehead atoms. The van der Waals surface area contributed by atoms with Crippen LogP contribution in [0, 0.1) is 6.92 Å². The zero-order valence-corrected chi connectivity index (χ0v) is 16.1. The van der Waals surface area contributed by atoms with Crippen LogP contribution in [0.2, 0.25) is 0 Å². The molecule has 2 amide bonds. The number of anilines is 1. The minimum absolute atomic E-state index is 0.00495. The van der Waals surface area contributed by atoms with Crippen LogP contribution in [-0.2, 0) is 9.59 Å². The Morgan fingerprint density at radius 2 is 1.68 bits per heavy atom.